The van der Waals surface area contributed by atoms with Gasteiger partial charge in [-0.2, -0.15) is 0 Å². The number of anilines is 1. The van der Waals surface area contributed by atoms with Gasteiger partial charge in [-0.05, 0) is 55.0 Å². The predicted octanol–water partition coefficient (Wildman–Crippen LogP) is 5.05. The van der Waals surface area contributed by atoms with Crippen molar-refractivity contribution >= 4 is 38.7 Å². The van der Waals surface area contributed by atoms with Gasteiger partial charge in [0.15, 0.2) is 5.82 Å². The zero-order valence-electron chi connectivity index (χ0n) is 19.3. The van der Waals surface area contributed by atoms with E-state index in [0.29, 0.717) is 17.8 Å². The van der Waals surface area contributed by atoms with Crippen LogP contribution in [0.5, 0.6) is 0 Å². The van der Waals surface area contributed by atoms with Crippen LogP contribution in [-0.2, 0) is 0 Å². The van der Waals surface area contributed by atoms with Gasteiger partial charge in [0.05, 0.1) is 11.7 Å². The van der Waals surface area contributed by atoms with Gasteiger partial charge < -0.3 is 15.2 Å². The maximum atomic E-state index is 5.22. The lowest BCUT2D eigenvalue weighted by atomic mass is 9.79. The molecule has 35 heavy (non-hydrogen) atoms. The van der Waals surface area contributed by atoms with Gasteiger partial charge >= 0.3 is 0 Å². The van der Waals surface area contributed by atoms with Gasteiger partial charge in [0.1, 0.15) is 17.2 Å². The van der Waals surface area contributed by atoms with Crippen molar-refractivity contribution in [3.63, 3.8) is 0 Å². The molecule has 0 spiro atoms. The number of benzene rings is 1. The minimum absolute atomic E-state index is 0.415. The third-order valence-corrected chi connectivity index (χ3v) is 8.00. The molecule has 1 saturated heterocycles. The molecular weight excluding hydrogens is 434 g/mol. The van der Waals surface area contributed by atoms with Crippen molar-refractivity contribution in [1.82, 2.24) is 30.2 Å². The molecule has 0 amide bonds. The minimum atomic E-state index is 0.415. The normalized spacial score (nSPS) is 20.1. The first-order chi connectivity index (χ1) is 17.3. The van der Waals surface area contributed by atoms with Gasteiger partial charge in [0.2, 0.25) is 0 Å². The molecule has 8 rings (SSSR count). The molecule has 2 N–H and O–H groups in total. The Bertz CT molecular complexity index is 1660. The molecule has 1 atom stereocenters. The van der Waals surface area contributed by atoms with Gasteiger partial charge in [-0.3, -0.25) is 4.98 Å². The van der Waals surface area contributed by atoms with Crippen LogP contribution < -0.4 is 10.2 Å². The van der Waals surface area contributed by atoms with Crippen LogP contribution in [0, 0.1) is 0 Å². The number of aromatic amines is 1. The highest BCUT2D eigenvalue weighted by Gasteiger charge is 2.34. The number of aromatic nitrogens is 5. The number of hydrogen-bond acceptors (Lipinski definition) is 6. The van der Waals surface area contributed by atoms with E-state index in [9.17, 15) is 0 Å². The highest BCUT2D eigenvalue weighted by Crippen LogP contribution is 2.43. The summed E-state index contributed by atoms with van der Waals surface area (Å²) >= 11 is 0. The molecule has 3 aliphatic rings. The number of fused-ring (bicyclic) bond motifs is 5. The maximum Gasteiger partial charge on any atom is 0.180 e. The maximum absolute atomic E-state index is 5.22. The van der Waals surface area contributed by atoms with Gasteiger partial charge in [-0.15, -0.1) is 0 Å². The zero-order chi connectivity index (χ0) is 22.9. The third kappa shape index (κ3) is 2.88. The third-order valence-electron chi connectivity index (χ3n) is 8.00. The number of H-pyrrole nitrogens is 1. The van der Waals surface area contributed by atoms with E-state index in [1.807, 2.05) is 24.5 Å². The Morgan fingerprint density at radius 3 is 2.77 bits per heavy atom. The molecule has 172 valence electrons. The van der Waals surface area contributed by atoms with E-state index in [4.69, 9.17) is 15.0 Å². The molecule has 1 unspecified atom stereocenters. The van der Waals surface area contributed by atoms with E-state index < -0.39 is 0 Å². The number of nitrogens with zero attached hydrogens (tertiary/aromatic N) is 5. The van der Waals surface area contributed by atoms with E-state index in [1.54, 1.807) is 0 Å². The zero-order valence-corrected chi connectivity index (χ0v) is 19.3. The average Bonchev–Trinajstić information content (AvgIpc) is 3.56. The summed E-state index contributed by atoms with van der Waals surface area (Å²) in [6, 6.07) is 12.9. The van der Waals surface area contributed by atoms with E-state index in [-0.39, 0.29) is 0 Å². The summed E-state index contributed by atoms with van der Waals surface area (Å²) in [6.07, 6.45) is 11.1. The molecule has 2 fully saturated rings. The number of hydrogen-bond donors (Lipinski definition) is 2. The molecule has 2 aliphatic heterocycles. The Morgan fingerprint density at radius 2 is 1.86 bits per heavy atom. The highest BCUT2D eigenvalue weighted by atomic mass is 15.3. The fourth-order valence-corrected chi connectivity index (χ4v) is 5.99. The van der Waals surface area contributed by atoms with Crippen molar-refractivity contribution in [2.45, 2.75) is 37.6 Å². The average molecular weight is 460 g/mol. The Balaban J connectivity index is 1.35. The molecule has 6 heterocycles. The second-order valence-electron chi connectivity index (χ2n) is 9.91. The van der Waals surface area contributed by atoms with E-state index in [0.717, 1.165) is 58.5 Å². The molecular formula is C28H25N7. The lowest BCUT2D eigenvalue weighted by Gasteiger charge is -2.29. The van der Waals surface area contributed by atoms with Gasteiger partial charge in [0.25, 0.3) is 0 Å². The standard InChI is InChI=1S/C28H25N7/c1-2-7-20-17(6-1)18-8-9-22(32-26(18)31-20)27-33-23-15-29-14-19(16-4-3-5-16)25(23)28(34-27)35-13-11-21-24(35)10-12-30-21/h1-2,6-10,14-16,21,30H,3-5,11-13H2,(H,31,32). The van der Waals surface area contributed by atoms with Crippen LogP contribution in [0.1, 0.15) is 37.2 Å². The van der Waals surface area contributed by atoms with Crippen LogP contribution in [0.3, 0.4) is 0 Å². The fourth-order valence-electron chi connectivity index (χ4n) is 5.99. The quantitative estimate of drug-likeness (QED) is 0.393. The lowest BCUT2D eigenvalue weighted by molar-refractivity contribution is 0.421. The molecule has 5 aromatic rings. The molecule has 0 bridgehead atoms. The molecule has 0 radical (unpaired) electrons. The molecule has 4 aromatic heterocycles. The molecule has 1 saturated carbocycles. The highest BCUT2D eigenvalue weighted by molar-refractivity contribution is 6.06. The summed E-state index contributed by atoms with van der Waals surface area (Å²) in [4.78, 5) is 25.7. The van der Waals surface area contributed by atoms with Crippen molar-refractivity contribution in [3.05, 3.63) is 66.1 Å². The Morgan fingerprint density at radius 1 is 0.914 bits per heavy atom. The van der Waals surface area contributed by atoms with Crippen molar-refractivity contribution in [1.29, 1.82) is 0 Å². The van der Waals surface area contributed by atoms with Crippen LogP contribution in [0.2, 0.25) is 0 Å². The van der Waals surface area contributed by atoms with Crippen molar-refractivity contribution in [3.8, 4) is 11.5 Å². The van der Waals surface area contributed by atoms with Crippen LogP contribution in [0.15, 0.2) is 60.6 Å². The first-order valence-corrected chi connectivity index (χ1v) is 12.6. The van der Waals surface area contributed by atoms with Crippen LogP contribution in [-0.4, -0.2) is 44.1 Å². The summed E-state index contributed by atoms with van der Waals surface area (Å²) in [7, 11) is 0. The lowest BCUT2D eigenvalue weighted by Crippen LogP contribution is -2.24. The van der Waals surface area contributed by atoms with Crippen LogP contribution in [0.4, 0.5) is 5.82 Å². The molecule has 1 aromatic carbocycles. The minimum Gasteiger partial charge on any atom is -0.339 e. The summed E-state index contributed by atoms with van der Waals surface area (Å²) in [5.74, 6) is 2.20. The summed E-state index contributed by atoms with van der Waals surface area (Å²) in [6.45, 7) is 1.87. The number of rotatable bonds is 3. The first-order valence-electron chi connectivity index (χ1n) is 12.6. The second kappa shape index (κ2) is 7.33. The second-order valence-corrected chi connectivity index (χ2v) is 9.91. The van der Waals surface area contributed by atoms with Gasteiger partial charge in [-0.1, -0.05) is 24.6 Å². The Labute approximate surface area is 202 Å². The molecule has 1 aliphatic carbocycles. The Kier molecular flexibility index (Phi) is 4.07. The Hall–Kier alpha value is -3.84. The van der Waals surface area contributed by atoms with Crippen molar-refractivity contribution in [2.24, 2.45) is 0 Å². The first kappa shape index (κ1) is 19.5. The molecule has 7 nitrogen and oxygen atoms in total. The topological polar surface area (TPSA) is 82.6 Å². The number of nitrogens with one attached hydrogen (secondary N) is 2. The van der Waals surface area contributed by atoms with Crippen molar-refractivity contribution in [2.75, 3.05) is 18.0 Å². The van der Waals surface area contributed by atoms with Gasteiger partial charge in [-0.25, -0.2) is 15.0 Å². The SMILES string of the molecule is C1=C2C(CCN2c2nc(-c3ccc4c(n3)[nH]c3ccccc34)nc3cncc(C4CCC4)c23)NC1. The van der Waals surface area contributed by atoms with Crippen LogP contribution >= 0.6 is 0 Å². The van der Waals surface area contributed by atoms with E-state index >= 15 is 0 Å². The monoisotopic (exact) mass is 459 g/mol. The predicted molar refractivity (Wildman–Crippen MR) is 138 cm³/mol. The van der Waals surface area contributed by atoms with E-state index in [2.05, 4.69) is 50.5 Å². The summed E-state index contributed by atoms with van der Waals surface area (Å²) in [5.41, 5.74) is 6.26. The largest absolute Gasteiger partial charge is 0.339 e. The number of pyridine rings is 2. The van der Waals surface area contributed by atoms with E-state index in [1.165, 1.54) is 35.9 Å². The molecule has 7 heteroatoms. The smallest absolute Gasteiger partial charge is 0.180 e. The number of para-hydroxylation sites is 1. The van der Waals surface area contributed by atoms with Gasteiger partial charge in [0, 0.05) is 52.7 Å². The van der Waals surface area contributed by atoms with Crippen LogP contribution in [0.25, 0.3) is 44.4 Å². The fraction of sp³-hybridized carbons (Fsp3) is 0.286. The summed E-state index contributed by atoms with van der Waals surface area (Å²) in [5, 5.41) is 7.05. The summed E-state index contributed by atoms with van der Waals surface area (Å²) < 4.78 is 0. The van der Waals surface area contributed by atoms with Crippen molar-refractivity contribution < 1.29 is 0 Å².